The van der Waals surface area contributed by atoms with E-state index in [1.165, 1.54) is 0 Å². The maximum absolute atomic E-state index is 13.3. The summed E-state index contributed by atoms with van der Waals surface area (Å²) in [4.78, 5) is 0. The molecule has 2 rings (SSSR count). The van der Waals surface area contributed by atoms with Crippen LogP contribution in [0.1, 0.15) is 65.9 Å². The lowest BCUT2D eigenvalue weighted by atomic mass is 9.79. The Bertz CT molecular complexity index is 641. The van der Waals surface area contributed by atoms with E-state index >= 15 is 0 Å². The number of unbranched alkanes of at least 4 members (excludes halogenated alkanes) is 2. The smallest absolute Gasteiger partial charge is 0.374 e. The molecule has 5 atom stereocenters. The summed E-state index contributed by atoms with van der Waals surface area (Å²) < 4.78 is 42.6. The van der Waals surface area contributed by atoms with E-state index in [1.807, 2.05) is 30.3 Å². The van der Waals surface area contributed by atoms with E-state index < -0.39 is 14.1 Å². The average molecular weight is 457 g/mol. The van der Waals surface area contributed by atoms with Gasteiger partial charge in [-0.2, -0.15) is 0 Å². The van der Waals surface area contributed by atoms with Gasteiger partial charge >= 0.3 is 7.82 Å². The maximum Gasteiger partial charge on any atom is 0.477 e. The highest BCUT2D eigenvalue weighted by atomic mass is 31.2. The zero-order valence-corrected chi connectivity index (χ0v) is 20.7. The normalized spacial score (nSPS) is 26.8. The molecule has 7 heteroatoms. The monoisotopic (exact) mass is 456 g/mol. The van der Waals surface area contributed by atoms with Gasteiger partial charge in [-0.25, -0.2) is 4.57 Å². The zero-order valence-electron chi connectivity index (χ0n) is 19.8. The zero-order chi connectivity index (χ0) is 22.7. The highest BCUT2D eigenvalue weighted by molar-refractivity contribution is 7.48. The quantitative estimate of drug-likeness (QED) is 0.232. The van der Waals surface area contributed by atoms with Gasteiger partial charge in [0.1, 0.15) is 0 Å². The fourth-order valence-corrected chi connectivity index (χ4v) is 4.93. The molecule has 0 aliphatic carbocycles. The van der Waals surface area contributed by atoms with Gasteiger partial charge in [-0.05, 0) is 30.2 Å². The molecule has 0 radical (unpaired) electrons. The molecule has 2 unspecified atom stereocenters. The molecule has 0 N–H and O–H groups in total. The van der Waals surface area contributed by atoms with Gasteiger partial charge in [0.2, 0.25) is 0 Å². The summed E-state index contributed by atoms with van der Waals surface area (Å²) in [6.07, 6.45) is 2.68. The second kappa shape index (κ2) is 13.7. The molecule has 6 nitrogen and oxygen atoms in total. The molecule has 0 aromatic heterocycles. The minimum atomic E-state index is -3.70. The van der Waals surface area contributed by atoms with Crippen molar-refractivity contribution in [2.45, 2.75) is 79.3 Å². The van der Waals surface area contributed by atoms with Crippen LogP contribution in [0.5, 0.6) is 0 Å². The first kappa shape index (κ1) is 26.5. The third-order valence-electron chi connectivity index (χ3n) is 6.10. The Morgan fingerprint density at radius 2 is 1.52 bits per heavy atom. The second-order valence-corrected chi connectivity index (χ2v) is 10.2. The van der Waals surface area contributed by atoms with E-state index in [4.69, 9.17) is 23.0 Å². The molecule has 0 bridgehead atoms. The third-order valence-corrected chi connectivity index (χ3v) is 7.57. The highest BCUT2D eigenvalue weighted by Gasteiger charge is 2.43. The lowest BCUT2D eigenvalue weighted by Crippen LogP contribution is -2.47. The largest absolute Gasteiger partial charge is 0.477 e. The number of ether oxygens (including phenoxy) is 2. The first-order valence-corrected chi connectivity index (χ1v) is 13.2. The SMILES string of the molecule is CCCCOP(=O)(OCCCC)O[C@@H]1OC(COCc2ccccc2)[C@@H](C)C(C)[C@@H]1C. The maximum atomic E-state index is 13.3. The Morgan fingerprint density at radius 3 is 2.10 bits per heavy atom. The fraction of sp³-hybridized carbons (Fsp3) is 0.750. The summed E-state index contributed by atoms with van der Waals surface area (Å²) in [6, 6.07) is 10.1. The Morgan fingerprint density at radius 1 is 0.903 bits per heavy atom. The van der Waals surface area contributed by atoms with Gasteiger partial charge in [0.05, 0.1) is 32.5 Å². The molecule has 1 aliphatic heterocycles. The number of phosphoric ester groups is 1. The van der Waals surface area contributed by atoms with Crippen molar-refractivity contribution in [3.63, 3.8) is 0 Å². The molecule has 178 valence electrons. The molecule has 1 aromatic carbocycles. The molecule has 1 aromatic rings. The first-order valence-electron chi connectivity index (χ1n) is 11.7. The predicted molar refractivity (Wildman–Crippen MR) is 123 cm³/mol. The summed E-state index contributed by atoms with van der Waals surface area (Å²) in [6.45, 7) is 12.2. The lowest BCUT2D eigenvalue weighted by molar-refractivity contribution is -0.230. The second-order valence-electron chi connectivity index (χ2n) is 8.55. The highest BCUT2D eigenvalue weighted by Crippen LogP contribution is 2.53. The molecular formula is C24H41O6P. The van der Waals surface area contributed by atoms with E-state index in [9.17, 15) is 4.57 Å². The van der Waals surface area contributed by atoms with Crippen LogP contribution in [0.25, 0.3) is 0 Å². The Hall–Kier alpha value is -0.750. The molecule has 31 heavy (non-hydrogen) atoms. The van der Waals surface area contributed by atoms with Gasteiger partial charge in [-0.3, -0.25) is 13.6 Å². The summed E-state index contributed by atoms with van der Waals surface area (Å²) in [5.74, 6) is 0.647. The third kappa shape index (κ3) is 8.60. The van der Waals surface area contributed by atoms with Crippen molar-refractivity contribution < 1.29 is 27.6 Å². The first-order chi connectivity index (χ1) is 14.9. The number of phosphoric acid groups is 1. The van der Waals surface area contributed by atoms with E-state index in [2.05, 4.69) is 34.6 Å². The summed E-state index contributed by atoms with van der Waals surface area (Å²) in [5.41, 5.74) is 1.12. The van der Waals surface area contributed by atoms with Crippen LogP contribution in [0.3, 0.4) is 0 Å². The van der Waals surface area contributed by atoms with Crippen LogP contribution < -0.4 is 0 Å². The van der Waals surface area contributed by atoms with Crippen molar-refractivity contribution in [3.8, 4) is 0 Å². The Labute approximate surface area is 188 Å². The van der Waals surface area contributed by atoms with Gasteiger partial charge < -0.3 is 9.47 Å². The van der Waals surface area contributed by atoms with Crippen LogP contribution in [-0.2, 0) is 34.2 Å². The lowest BCUT2D eigenvalue weighted by Gasteiger charge is -2.43. The van der Waals surface area contributed by atoms with E-state index in [1.54, 1.807) is 0 Å². The van der Waals surface area contributed by atoms with Gasteiger partial charge in [0, 0.05) is 5.92 Å². The molecule has 1 fully saturated rings. The fourth-order valence-electron chi connectivity index (χ4n) is 3.53. The molecule has 0 amide bonds. The number of hydrogen-bond acceptors (Lipinski definition) is 6. The number of benzene rings is 1. The molecular weight excluding hydrogens is 415 g/mol. The van der Waals surface area contributed by atoms with Crippen LogP contribution in [-0.4, -0.2) is 32.2 Å². The minimum absolute atomic E-state index is 0.0539. The number of rotatable bonds is 14. The van der Waals surface area contributed by atoms with Gasteiger partial charge in [0.15, 0.2) is 6.29 Å². The summed E-state index contributed by atoms with van der Waals surface area (Å²) in [5, 5.41) is 0. The summed E-state index contributed by atoms with van der Waals surface area (Å²) in [7, 11) is -3.70. The molecule has 0 spiro atoms. The van der Waals surface area contributed by atoms with Crippen LogP contribution in [0, 0.1) is 17.8 Å². The summed E-state index contributed by atoms with van der Waals surface area (Å²) >= 11 is 0. The van der Waals surface area contributed by atoms with Gasteiger partial charge in [-0.15, -0.1) is 0 Å². The van der Waals surface area contributed by atoms with Gasteiger partial charge in [0.25, 0.3) is 0 Å². The van der Waals surface area contributed by atoms with Crippen molar-refractivity contribution in [1.82, 2.24) is 0 Å². The van der Waals surface area contributed by atoms with Crippen LogP contribution in [0.2, 0.25) is 0 Å². The predicted octanol–water partition coefficient (Wildman–Crippen LogP) is 6.59. The van der Waals surface area contributed by atoms with Gasteiger partial charge in [-0.1, -0.05) is 77.8 Å². The van der Waals surface area contributed by atoms with Crippen LogP contribution in [0.4, 0.5) is 0 Å². The van der Waals surface area contributed by atoms with Crippen molar-refractivity contribution in [2.75, 3.05) is 19.8 Å². The Kier molecular flexibility index (Phi) is 11.7. The van der Waals surface area contributed by atoms with Crippen molar-refractivity contribution in [1.29, 1.82) is 0 Å². The molecule has 1 heterocycles. The topological polar surface area (TPSA) is 63.2 Å². The van der Waals surface area contributed by atoms with Crippen molar-refractivity contribution in [2.24, 2.45) is 17.8 Å². The molecule has 1 aliphatic rings. The van der Waals surface area contributed by atoms with Crippen LogP contribution >= 0.6 is 7.82 Å². The van der Waals surface area contributed by atoms with Crippen LogP contribution in [0.15, 0.2) is 30.3 Å². The average Bonchev–Trinajstić information content (AvgIpc) is 2.76. The molecule has 1 saturated heterocycles. The number of hydrogen-bond donors (Lipinski definition) is 0. The standard InChI is InChI=1S/C24H41O6P/c1-6-8-15-27-31(25,28-16-9-7-2)30-24-21(5)19(3)20(4)23(29-24)18-26-17-22-13-11-10-12-14-22/h10-14,19-21,23-24H,6-9,15-18H2,1-5H3/t19?,20-,21-,23?,24-/m0/s1. The van der Waals surface area contributed by atoms with E-state index in [0.717, 1.165) is 31.2 Å². The Balaban J connectivity index is 1.99. The van der Waals surface area contributed by atoms with Crippen molar-refractivity contribution in [3.05, 3.63) is 35.9 Å². The molecule has 0 saturated carbocycles. The van der Waals surface area contributed by atoms with E-state index in [0.29, 0.717) is 32.3 Å². The van der Waals surface area contributed by atoms with Crippen molar-refractivity contribution >= 4 is 7.82 Å². The van der Waals surface area contributed by atoms with E-state index in [-0.39, 0.29) is 17.9 Å². The minimum Gasteiger partial charge on any atom is -0.374 e.